The van der Waals surface area contributed by atoms with E-state index in [1.54, 1.807) is 6.08 Å². The largest absolute Gasteiger partial charge is 0.378 e. The molecule has 0 bridgehead atoms. The molecule has 0 unspecified atom stereocenters. The first kappa shape index (κ1) is 21.4. The average molecular weight is 370 g/mol. The average Bonchev–Trinajstić information content (AvgIpc) is 2.61. The molecule has 148 valence electrons. The van der Waals surface area contributed by atoms with Gasteiger partial charge in [0.2, 0.25) is 5.91 Å². The Labute approximate surface area is 165 Å². The van der Waals surface area contributed by atoms with E-state index in [-0.39, 0.29) is 11.3 Å². The van der Waals surface area contributed by atoms with Crippen LogP contribution in [0.5, 0.6) is 0 Å². The van der Waals surface area contributed by atoms with Crippen LogP contribution in [-0.2, 0) is 9.53 Å². The first-order chi connectivity index (χ1) is 12.8. The Hall–Kier alpha value is -1.87. The van der Waals surface area contributed by atoms with Gasteiger partial charge in [-0.25, -0.2) is 0 Å². The molecule has 3 nitrogen and oxygen atoms in total. The summed E-state index contributed by atoms with van der Waals surface area (Å²) in [6.45, 7) is 13.7. The zero-order valence-corrected chi connectivity index (χ0v) is 17.7. The lowest BCUT2D eigenvalue weighted by atomic mass is 9.72. The molecule has 2 rings (SSSR count). The second-order valence-electron chi connectivity index (χ2n) is 8.36. The summed E-state index contributed by atoms with van der Waals surface area (Å²) in [5.41, 5.74) is 5.45. The van der Waals surface area contributed by atoms with E-state index in [0.717, 1.165) is 5.57 Å². The zero-order chi connectivity index (χ0) is 19.9. The van der Waals surface area contributed by atoms with Crippen LogP contribution >= 0.6 is 0 Å². The van der Waals surface area contributed by atoms with Crippen LogP contribution in [0.15, 0.2) is 58.7 Å². The van der Waals surface area contributed by atoms with Gasteiger partial charge in [-0.1, -0.05) is 55.4 Å². The second-order valence-corrected chi connectivity index (χ2v) is 8.36. The van der Waals surface area contributed by atoms with Crippen LogP contribution in [0.2, 0.25) is 0 Å². The molecule has 0 spiro atoms. The fourth-order valence-electron chi connectivity index (χ4n) is 3.75. The first-order valence-corrected chi connectivity index (χ1v) is 10.1. The molecule has 1 heterocycles. The van der Waals surface area contributed by atoms with Crippen LogP contribution in [-0.4, -0.2) is 37.1 Å². The summed E-state index contributed by atoms with van der Waals surface area (Å²) in [6.07, 6.45) is 16.1. The first-order valence-electron chi connectivity index (χ1n) is 10.1. The minimum atomic E-state index is 0.0722. The number of carbonyl (C=O) groups excluding carboxylic acids is 1. The summed E-state index contributed by atoms with van der Waals surface area (Å²) >= 11 is 0. The number of allylic oxidation sites excluding steroid dienone is 9. The van der Waals surface area contributed by atoms with E-state index in [9.17, 15) is 4.79 Å². The number of nitrogens with zero attached hydrogens (tertiary/aromatic N) is 1. The molecule has 0 radical (unpaired) electrons. The quantitative estimate of drug-likeness (QED) is 0.481. The molecule has 1 aliphatic carbocycles. The molecule has 27 heavy (non-hydrogen) atoms. The maximum absolute atomic E-state index is 12.2. The molecule has 1 fully saturated rings. The molecule has 1 saturated heterocycles. The number of hydrogen-bond acceptors (Lipinski definition) is 2. The van der Waals surface area contributed by atoms with Crippen molar-refractivity contribution in [3.8, 4) is 0 Å². The highest BCUT2D eigenvalue weighted by molar-refractivity contribution is 5.88. The van der Waals surface area contributed by atoms with Crippen molar-refractivity contribution in [1.82, 2.24) is 4.90 Å². The molecule has 0 atom stereocenters. The summed E-state index contributed by atoms with van der Waals surface area (Å²) in [4.78, 5) is 14.0. The van der Waals surface area contributed by atoms with Crippen molar-refractivity contribution < 1.29 is 9.53 Å². The van der Waals surface area contributed by atoms with Crippen molar-refractivity contribution in [2.45, 2.75) is 53.9 Å². The van der Waals surface area contributed by atoms with Gasteiger partial charge in [-0.05, 0) is 56.6 Å². The van der Waals surface area contributed by atoms with Gasteiger partial charge in [0, 0.05) is 19.2 Å². The maximum Gasteiger partial charge on any atom is 0.246 e. The maximum atomic E-state index is 12.2. The van der Waals surface area contributed by atoms with Crippen molar-refractivity contribution in [3.63, 3.8) is 0 Å². The fraction of sp³-hybridized carbons (Fsp3) is 0.542. The Kier molecular flexibility index (Phi) is 7.85. The molecule has 0 N–H and O–H groups in total. The monoisotopic (exact) mass is 369 g/mol. The highest BCUT2D eigenvalue weighted by Gasteiger charge is 2.26. The van der Waals surface area contributed by atoms with Crippen LogP contribution < -0.4 is 0 Å². The van der Waals surface area contributed by atoms with Crippen LogP contribution in [0.1, 0.15) is 53.9 Å². The molecule has 1 aliphatic heterocycles. The van der Waals surface area contributed by atoms with Crippen LogP contribution in [0.4, 0.5) is 0 Å². The fourth-order valence-corrected chi connectivity index (χ4v) is 3.75. The second kappa shape index (κ2) is 9.89. The van der Waals surface area contributed by atoms with Gasteiger partial charge in [-0.15, -0.1) is 0 Å². The lowest BCUT2D eigenvalue weighted by molar-refractivity contribution is -0.130. The predicted octanol–water partition coefficient (Wildman–Crippen LogP) is 5.38. The number of ether oxygens (including phenoxy) is 1. The molecule has 1 amide bonds. The summed E-state index contributed by atoms with van der Waals surface area (Å²) in [5, 5.41) is 0. The van der Waals surface area contributed by atoms with Crippen molar-refractivity contribution in [2.24, 2.45) is 5.41 Å². The summed E-state index contributed by atoms with van der Waals surface area (Å²) < 4.78 is 5.29. The molecular weight excluding hydrogens is 334 g/mol. The summed E-state index contributed by atoms with van der Waals surface area (Å²) in [6, 6.07) is 0. The van der Waals surface area contributed by atoms with Gasteiger partial charge in [0.25, 0.3) is 0 Å². The Bertz CT molecular complexity index is 683. The molecular formula is C24H35NO2. The molecule has 0 aromatic heterocycles. The van der Waals surface area contributed by atoms with E-state index < -0.39 is 0 Å². The number of hydrogen-bond donors (Lipinski definition) is 0. The van der Waals surface area contributed by atoms with E-state index in [0.29, 0.717) is 26.3 Å². The van der Waals surface area contributed by atoms with Gasteiger partial charge in [0.15, 0.2) is 0 Å². The third kappa shape index (κ3) is 6.66. The van der Waals surface area contributed by atoms with Gasteiger partial charge in [0.1, 0.15) is 0 Å². The lowest BCUT2D eigenvalue weighted by Gasteiger charge is -2.32. The smallest absolute Gasteiger partial charge is 0.246 e. The van der Waals surface area contributed by atoms with Crippen molar-refractivity contribution in [2.75, 3.05) is 26.3 Å². The Morgan fingerprint density at radius 1 is 1.11 bits per heavy atom. The van der Waals surface area contributed by atoms with Gasteiger partial charge in [-0.3, -0.25) is 4.79 Å². The molecule has 0 aromatic carbocycles. The Morgan fingerprint density at radius 3 is 2.48 bits per heavy atom. The number of amides is 1. The zero-order valence-electron chi connectivity index (χ0n) is 17.7. The Morgan fingerprint density at radius 2 is 1.81 bits per heavy atom. The highest BCUT2D eigenvalue weighted by Crippen LogP contribution is 2.40. The predicted molar refractivity (Wildman–Crippen MR) is 114 cm³/mol. The SMILES string of the molecule is CC1=C(/C=C/C(C)=C/C=C/C(C)=C/C(=O)N2CCOCC2)C(C)(C)CCC1. The van der Waals surface area contributed by atoms with Gasteiger partial charge in [-0.2, -0.15) is 0 Å². The molecule has 2 aliphatic rings. The van der Waals surface area contributed by atoms with Crippen molar-refractivity contribution >= 4 is 5.91 Å². The van der Waals surface area contributed by atoms with E-state index >= 15 is 0 Å². The third-order valence-corrected chi connectivity index (χ3v) is 5.45. The van der Waals surface area contributed by atoms with Crippen LogP contribution in [0, 0.1) is 5.41 Å². The Balaban J connectivity index is 1.95. The van der Waals surface area contributed by atoms with Crippen LogP contribution in [0.25, 0.3) is 0 Å². The minimum Gasteiger partial charge on any atom is -0.378 e. The summed E-state index contributed by atoms with van der Waals surface area (Å²) in [5.74, 6) is 0.0722. The van der Waals surface area contributed by atoms with E-state index in [1.165, 1.54) is 36.0 Å². The summed E-state index contributed by atoms with van der Waals surface area (Å²) in [7, 11) is 0. The van der Waals surface area contributed by atoms with Crippen LogP contribution in [0.3, 0.4) is 0 Å². The third-order valence-electron chi connectivity index (χ3n) is 5.45. The van der Waals surface area contributed by atoms with Gasteiger partial charge < -0.3 is 9.64 Å². The standard InChI is InChI=1S/C24H35NO2/c1-19(11-12-22-21(3)10-7-13-24(22,4)5)8-6-9-20(2)18-23(26)25-14-16-27-17-15-25/h6,8-9,11-12,18H,7,10,13-17H2,1-5H3/b9-6+,12-11+,19-8+,20-18+. The number of carbonyl (C=O) groups is 1. The number of rotatable bonds is 5. The number of morpholine rings is 1. The van der Waals surface area contributed by atoms with E-state index in [2.05, 4.69) is 45.9 Å². The molecule has 0 aromatic rings. The van der Waals surface area contributed by atoms with E-state index in [4.69, 9.17) is 4.74 Å². The minimum absolute atomic E-state index is 0.0722. The highest BCUT2D eigenvalue weighted by atomic mass is 16.5. The lowest BCUT2D eigenvalue weighted by Crippen LogP contribution is -2.39. The normalized spacial score (nSPS) is 22.2. The van der Waals surface area contributed by atoms with Gasteiger partial charge >= 0.3 is 0 Å². The van der Waals surface area contributed by atoms with Crippen molar-refractivity contribution in [3.05, 3.63) is 58.7 Å². The van der Waals surface area contributed by atoms with E-state index in [1.807, 2.05) is 24.0 Å². The molecule has 0 saturated carbocycles. The van der Waals surface area contributed by atoms with Crippen molar-refractivity contribution in [1.29, 1.82) is 0 Å². The van der Waals surface area contributed by atoms with Gasteiger partial charge in [0.05, 0.1) is 13.2 Å². The molecule has 3 heteroatoms. The topological polar surface area (TPSA) is 29.5 Å².